The first-order valence-corrected chi connectivity index (χ1v) is 10.0. The summed E-state index contributed by atoms with van der Waals surface area (Å²) in [6.07, 6.45) is 6.08. The van der Waals surface area contributed by atoms with Crippen LogP contribution >= 0.6 is 0 Å². The Morgan fingerprint density at radius 3 is 2.62 bits per heavy atom. The van der Waals surface area contributed by atoms with Crippen LogP contribution in [0.5, 0.6) is 0 Å². The fraction of sp³-hybridized carbons (Fsp3) is 0.733. The summed E-state index contributed by atoms with van der Waals surface area (Å²) in [5.74, 6) is 0.894. The highest BCUT2D eigenvalue weighted by molar-refractivity contribution is 7.90. The summed E-state index contributed by atoms with van der Waals surface area (Å²) in [4.78, 5) is 18.5. The van der Waals surface area contributed by atoms with Crippen molar-refractivity contribution in [2.75, 3.05) is 26.2 Å². The number of hydrogen-bond donors (Lipinski definition) is 1. The molecule has 0 spiro atoms. The van der Waals surface area contributed by atoms with E-state index in [-0.39, 0.29) is 17.3 Å². The minimum Gasteiger partial charge on any atom is -0.330 e. The topological polar surface area (TPSA) is 87.5 Å². The molecule has 1 saturated heterocycles. The number of hydrogen-bond acceptors (Lipinski definition) is 4. The third-order valence-electron chi connectivity index (χ3n) is 5.19. The Labute approximate surface area is 141 Å². The van der Waals surface area contributed by atoms with Gasteiger partial charge in [0.15, 0.2) is 0 Å². The molecule has 8 nitrogen and oxygen atoms in total. The van der Waals surface area contributed by atoms with Crippen LogP contribution in [0.3, 0.4) is 0 Å². The molecule has 0 aromatic carbocycles. The largest absolute Gasteiger partial charge is 0.330 e. The first-order valence-electron chi connectivity index (χ1n) is 8.54. The van der Waals surface area contributed by atoms with Crippen molar-refractivity contribution in [3.63, 3.8) is 0 Å². The maximum Gasteiger partial charge on any atom is 0.318 e. The molecule has 1 saturated carbocycles. The van der Waals surface area contributed by atoms with Gasteiger partial charge in [-0.2, -0.15) is 4.31 Å². The highest BCUT2D eigenvalue weighted by Gasteiger charge is 2.41. The number of nitrogens with one attached hydrogen (secondary N) is 1. The van der Waals surface area contributed by atoms with Gasteiger partial charge >= 0.3 is 6.03 Å². The smallest absolute Gasteiger partial charge is 0.318 e. The van der Waals surface area contributed by atoms with Crippen molar-refractivity contribution in [3.05, 3.63) is 18.2 Å². The zero-order valence-corrected chi connectivity index (χ0v) is 14.6. The Bertz CT molecular complexity index is 734. The molecule has 0 bridgehead atoms. The molecule has 1 aromatic heterocycles. The maximum atomic E-state index is 12.5. The summed E-state index contributed by atoms with van der Waals surface area (Å²) in [6.45, 7) is 3.77. The lowest BCUT2D eigenvalue weighted by atomic mass is 10.2. The van der Waals surface area contributed by atoms with Crippen LogP contribution in [-0.4, -0.2) is 64.6 Å². The van der Waals surface area contributed by atoms with E-state index in [0.29, 0.717) is 32.2 Å². The number of carbonyl (C=O) groups excluding carboxylic acids is 1. The Morgan fingerprint density at radius 2 is 1.96 bits per heavy atom. The molecule has 2 fully saturated rings. The van der Waals surface area contributed by atoms with Gasteiger partial charge in [0.1, 0.15) is 5.82 Å². The molecule has 3 aliphatic rings. The van der Waals surface area contributed by atoms with Crippen LogP contribution in [0.15, 0.2) is 12.4 Å². The maximum absolute atomic E-state index is 12.5. The molecule has 1 N–H and O–H groups in total. The summed E-state index contributed by atoms with van der Waals surface area (Å²) in [5, 5.41) is 2.86. The molecule has 1 aliphatic carbocycles. The molecular formula is C15H23N5O3S. The minimum atomic E-state index is -3.14. The molecule has 0 radical (unpaired) electrons. The number of nitrogens with zero attached hydrogens (tertiary/aromatic N) is 4. The first kappa shape index (κ1) is 15.9. The fourth-order valence-electron chi connectivity index (χ4n) is 3.61. The van der Waals surface area contributed by atoms with E-state index in [4.69, 9.17) is 0 Å². The number of fused-ring (bicyclic) bond motifs is 1. The predicted molar refractivity (Wildman–Crippen MR) is 87.9 cm³/mol. The lowest BCUT2D eigenvalue weighted by Gasteiger charge is -2.34. The molecule has 2 aliphatic heterocycles. The lowest BCUT2D eigenvalue weighted by molar-refractivity contribution is 0.168. The monoisotopic (exact) mass is 353 g/mol. The number of imidazole rings is 1. The molecule has 2 atom stereocenters. The zero-order chi connectivity index (χ0) is 16.9. The summed E-state index contributed by atoms with van der Waals surface area (Å²) >= 11 is 0. The van der Waals surface area contributed by atoms with E-state index >= 15 is 0 Å². The Morgan fingerprint density at radius 1 is 1.25 bits per heavy atom. The number of carbonyl (C=O) groups is 1. The number of piperazine rings is 1. The number of aromatic nitrogens is 2. The highest BCUT2D eigenvalue weighted by atomic mass is 32.2. The van der Waals surface area contributed by atoms with Gasteiger partial charge in [0.25, 0.3) is 0 Å². The van der Waals surface area contributed by atoms with Crippen molar-refractivity contribution in [1.29, 1.82) is 0 Å². The molecule has 24 heavy (non-hydrogen) atoms. The van der Waals surface area contributed by atoms with Gasteiger partial charge < -0.3 is 14.8 Å². The Hall–Kier alpha value is -1.61. The summed E-state index contributed by atoms with van der Waals surface area (Å²) in [6, 6.07) is 0.121. The van der Waals surface area contributed by atoms with Gasteiger partial charge in [-0.05, 0) is 26.2 Å². The standard InChI is InChI=1S/C15H23N5O3S/c1-11-10-13(14-16-4-5-20(11)14)17-15(21)18-6-8-19(9-7-18)24(22,23)12-2-3-12/h4-5,11-13H,2-3,6-10H2,1H3,(H,17,21). The van der Waals surface area contributed by atoms with Crippen LogP contribution < -0.4 is 5.32 Å². The van der Waals surface area contributed by atoms with Gasteiger partial charge in [0.05, 0.1) is 11.3 Å². The van der Waals surface area contributed by atoms with Gasteiger partial charge in [-0.1, -0.05) is 0 Å². The summed E-state index contributed by atoms with van der Waals surface area (Å²) in [7, 11) is -3.14. The van der Waals surface area contributed by atoms with E-state index in [9.17, 15) is 13.2 Å². The normalized spacial score (nSPS) is 28.0. The van der Waals surface area contributed by atoms with E-state index in [0.717, 1.165) is 25.1 Å². The predicted octanol–water partition coefficient (Wildman–Crippen LogP) is 0.708. The molecular weight excluding hydrogens is 330 g/mol. The van der Waals surface area contributed by atoms with Gasteiger partial charge in [-0.15, -0.1) is 0 Å². The molecule has 1 aromatic rings. The van der Waals surface area contributed by atoms with E-state index < -0.39 is 10.0 Å². The van der Waals surface area contributed by atoms with Gasteiger partial charge in [0.2, 0.25) is 10.0 Å². The number of rotatable bonds is 3. The van der Waals surface area contributed by atoms with Crippen LogP contribution in [0.1, 0.15) is 44.1 Å². The fourth-order valence-corrected chi connectivity index (χ4v) is 5.44. The summed E-state index contributed by atoms with van der Waals surface area (Å²) < 4.78 is 28.1. The molecule has 9 heteroatoms. The second kappa shape index (κ2) is 5.73. The average molecular weight is 353 g/mol. The van der Waals surface area contributed by atoms with E-state index in [1.165, 1.54) is 0 Å². The number of urea groups is 1. The van der Waals surface area contributed by atoms with Crippen LogP contribution in [0, 0.1) is 0 Å². The average Bonchev–Trinajstić information content (AvgIpc) is 3.25. The van der Waals surface area contributed by atoms with E-state index in [1.807, 2.05) is 6.20 Å². The van der Waals surface area contributed by atoms with Crippen LogP contribution in [0.25, 0.3) is 0 Å². The quantitative estimate of drug-likeness (QED) is 0.867. The molecule has 132 valence electrons. The molecule has 2 amide bonds. The summed E-state index contributed by atoms with van der Waals surface area (Å²) in [5.41, 5.74) is 0. The van der Waals surface area contributed by atoms with Gasteiger partial charge in [0, 0.05) is 44.6 Å². The van der Waals surface area contributed by atoms with Gasteiger partial charge in [-0.3, -0.25) is 0 Å². The van der Waals surface area contributed by atoms with Gasteiger partial charge in [-0.25, -0.2) is 18.2 Å². The number of sulfonamides is 1. The third kappa shape index (κ3) is 2.69. The lowest BCUT2D eigenvalue weighted by Crippen LogP contribution is -2.54. The van der Waals surface area contributed by atoms with Crippen LogP contribution in [0.4, 0.5) is 4.79 Å². The SMILES string of the molecule is CC1CC(NC(=O)N2CCN(S(=O)(=O)C3CC3)CC2)c2nccn21. The molecule has 2 unspecified atom stereocenters. The van der Waals surface area contributed by atoms with Crippen molar-refractivity contribution in [2.45, 2.75) is 43.5 Å². The van der Waals surface area contributed by atoms with Crippen LogP contribution in [0.2, 0.25) is 0 Å². The second-order valence-electron chi connectivity index (χ2n) is 6.91. The highest BCUT2D eigenvalue weighted by Crippen LogP contribution is 2.33. The van der Waals surface area contributed by atoms with Crippen molar-refractivity contribution in [2.24, 2.45) is 0 Å². The van der Waals surface area contributed by atoms with E-state index in [2.05, 4.69) is 21.8 Å². The van der Waals surface area contributed by atoms with Crippen LogP contribution in [-0.2, 0) is 10.0 Å². The minimum absolute atomic E-state index is 0.0734. The second-order valence-corrected chi connectivity index (χ2v) is 9.12. The Balaban J connectivity index is 1.34. The van der Waals surface area contributed by atoms with E-state index in [1.54, 1.807) is 15.4 Å². The van der Waals surface area contributed by atoms with Crippen molar-refractivity contribution < 1.29 is 13.2 Å². The number of amides is 2. The first-order chi connectivity index (χ1) is 11.5. The Kier molecular flexibility index (Phi) is 3.80. The molecule has 4 rings (SSSR count). The van der Waals surface area contributed by atoms with Crippen molar-refractivity contribution >= 4 is 16.1 Å². The van der Waals surface area contributed by atoms with Crippen molar-refractivity contribution in [3.8, 4) is 0 Å². The molecule has 3 heterocycles. The third-order valence-corrected chi connectivity index (χ3v) is 7.59. The zero-order valence-electron chi connectivity index (χ0n) is 13.8. The van der Waals surface area contributed by atoms with Crippen molar-refractivity contribution in [1.82, 2.24) is 24.1 Å².